The van der Waals surface area contributed by atoms with Crippen LogP contribution in [0, 0.1) is 0 Å². The zero-order valence-corrected chi connectivity index (χ0v) is 19.6. The van der Waals surface area contributed by atoms with Crippen molar-refractivity contribution in [2.45, 2.75) is 12.5 Å². The van der Waals surface area contributed by atoms with E-state index in [0.717, 1.165) is 39.7 Å². The summed E-state index contributed by atoms with van der Waals surface area (Å²) in [6.45, 7) is 1.80. The van der Waals surface area contributed by atoms with Crippen molar-refractivity contribution in [1.82, 2.24) is 10.3 Å². The van der Waals surface area contributed by atoms with Crippen LogP contribution in [0.1, 0.15) is 11.1 Å². The Bertz CT molecular complexity index is 1380. The van der Waals surface area contributed by atoms with Gasteiger partial charge >= 0.3 is 0 Å². The Kier molecular flexibility index (Phi) is 7.27. The molecule has 0 fully saturated rings. The van der Waals surface area contributed by atoms with Crippen molar-refractivity contribution >= 4 is 21.8 Å². The van der Waals surface area contributed by atoms with Crippen molar-refractivity contribution < 1.29 is 14.6 Å². The van der Waals surface area contributed by atoms with Crippen LogP contribution in [0.15, 0.2) is 97.1 Å². The number of aromatic nitrogens is 1. The van der Waals surface area contributed by atoms with E-state index in [1.54, 1.807) is 0 Å². The van der Waals surface area contributed by atoms with Gasteiger partial charge in [-0.1, -0.05) is 72.8 Å². The van der Waals surface area contributed by atoms with E-state index in [1.165, 1.54) is 11.1 Å². The zero-order valence-electron chi connectivity index (χ0n) is 19.6. The van der Waals surface area contributed by atoms with Crippen LogP contribution in [-0.2, 0) is 6.42 Å². The first-order valence-electron chi connectivity index (χ1n) is 12.0. The van der Waals surface area contributed by atoms with E-state index in [1.807, 2.05) is 54.6 Å². The fraction of sp³-hybridized carbons (Fsp3) is 0.200. The lowest BCUT2D eigenvalue weighted by Gasteiger charge is -2.15. The molecule has 5 rings (SSSR count). The van der Waals surface area contributed by atoms with Crippen LogP contribution in [0.25, 0.3) is 21.8 Å². The zero-order chi connectivity index (χ0) is 23.9. The number of ether oxygens (including phenoxy) is 2. The van der Waals surface area contributed by atoms with Gasteiger partial charge in [0, 0.05) is 35.8 Å². The van der Waals surface area contributed by atoms with Crippen LogP contribution in [0.2, 0.25) is 0 Å². The summed E-state index contributed by atoms with van der Waals surface area (Å²) < 4.78 is 12.0. The molecule has 1 unspecified atom stereocenters. The van der Waals surface area contributed by atoms with Gasteiger partial charge in [0.15, 0.2) is 0 Å². The highest BCUT2D eigenvalue weighted by Crippen LogP contribution is 2.33. The summed E-state index contributed by atoms with van der Waals surface area (Å²) in [5.74, 6) is 1.67. The first kappa shape index (κ1) is 23.0. The molecule has 5 nitrogen and oxygen atoms in total. The van der Waals surface area contributed by atoms with Crippen LogP contribution in [-0.4, -0.2) is 42.5 Å². The predicted molar refractivity (Wildman–Crippen MR) is 141 cm³/mol. The Morgan fingerprint density at radius 1 is 0.743 bits per heavy atom. The predicted octanol–water partition coefficient (Wildman–Crippen LogP) is 5.32. The number of hydrogen-bond acceptors (Lipinski definition) is 4. The van der Waals surface area contributed by atoms with Gasteiger partial charge in [0.2, 0.25) is 0 Å². The highest BCUT2D eigenvalue weighted by atomic mass is 16.5. The second-order valence-electron chi connectivity index (χ2n) is 8.64. The number of fused-ring (bicyclic) bond motifs is 3. The molecule has 0 aliphatic heterocycles. The molecule has 1 heterocycles. The molecule has 5 heteroatoms. The van der Waals surface area contributed by atoms with Crippen molar-refractivity contribution in [3.05, 3.63) is 108 Å². The normalized spacial score (nSPS) is 12.1. The van der Waals surface area contributed by atoms with Gasteiger partial charge in [0.05, 0.1) is 5.52 Å². The van der Waals surface area contributed by atoms with Gasteiger partial charge < -0.3 is 24.9 Å². The van der Waals surface area contributed by atoms with Crippen LogP contribution < -0.4 is 14.8 Å². The van der Waals surface area contributed by atoms with Crippen LogP contribution in [0.5, 0.6) is 11.5 Å². The SMILES string of the molecule is OC(CNCCOc1ccccc1Cc1ccccc1)COc1cccc2[nH]c3ccccc3c12. The molecular weight excluding hydrogens is 436 g/mol. The minimum atomic E-state index is -0.624. The molecule has 0 aliphatic carbocycles. The van der Waals surface area contributed by atoms with Crippen LogP contribution in [0.3, 0.4) is 0 Å². The second kappa shape index (κ2) is 11.1. The van der Waals surface area contributed by atoms with Crippen molar-refractivity contribution in [2.75, 3.05) is 26.3 Å². The molecule has 0 saturated heterocycles. The molecule has 178 valence electrons. The lowest BCUT2D eigenvalue weighted by Crippen LogP contribution is -2.33. The smallest absolute Gasteiger partial charge is 0.129 e. The van der Waals surface area contributed by atoms with Crippen LogP contribution >= 0.6 is 0 Å². The fourth-order valence-corrected chi connectivity index (χ4v) is 4.34. The summed E-state index contributed by atoms with van der Waals surface area (Å²) in [7, 11) is 0. The Balaban J connectivity index is 1.09. The summed E-state index contributed by atoms with van der Waals surface area (Å²) in [6.07, 6.45) is 0.213. The number of nitrogens with one attached hydrogen (secondary N) is 2. The summed E-state index contributed by atoms with van der Waals surface area (Å²) >= 11 is 0. The van der Waals surface area contributed by atoms with E-state index in [-0.39, 0.29) is 6.61 Å². The highest BCUT2D eigenvalue weighted by Gasteiger charge is 2.11. The maximum atomic E-state index is 10.4. The highest BCUT2D eigenvalue weighted by molar-refractivity contribution is 6.10. The molecule has 0 radical (unpaired) electrons. The third-order valence-electron chi connectivity index (χ3n) is 6.05. The molecule has 35 heavy (non-hydrogen) atoms. The topological polar surface area (TPSA) is 66.5 Å². The average Bonchev–Trinajstić information content (AvgIpc) is 3.28. The first-order chi connectivity index (χ1) is 17.3. The quantitative estimate of drug-likeness (QED) is 0.231. The summed E-state index contributed by atoms with van der Waals surface area (Å²) in [6, 6.07) is 32.6. The Morgan fingerprint density at radius 2 is 1.49 bits per heavy atom. The number of H-pyrrole nitrogens is 1. The molecule has 0 aliphatic rings. The number of rotatable bonds is 11. The van der Waals surface area contributed by atoms with Crippen molar-refractivity contribution in [3.8, 4) is 11.5 Å². The fourth-order valence-electron chi connectivity index (χ4n) is 4.34. The van der Waals surface area contributed by atoms with E-state index in [4.69, 9.17) is 9.47 Å². The molecule has 0 bridgehead atoms. The second-order valence-corrected chi connectivity index (χ2v) is 8.64. The molecule has 3 N–H and O–H groups in total. The van der Waals surface area contributed by atoms with Gasteiger partial charge in [-0.2, -0.15) is 0 Å². The Morgan fingerprint density at radius 3 is 2.40 bits per heavy atom. The Hall–Kier alpha value is -3.80. The van der Waals surface area contributed by atoms with Gasteiger partial charge in [-0.15, -0.1) is 0 Å². The summed E-state index contributed by atoms with van der Waals surface area (Å²) in [4.78, 5) is 3.42. The molecular formula is C30H30N2O3. The lowest BCUT2D eigenvalue weighted by atomic mass is 10.0. The number of aliphatic hydroxyl groups excluding tert-OH is 1. The minimum absolute atomic E-state index is 0.215. The maximum Gasteiger partial charge on any atom is 0.129 e. The van der Waals surface area contributed by atoms with Gasteiger partial charge in [-0.25, -0.2) is 0 Å². The number of aromatic amines is 1. The van der Waals surface area contributed by atoms with Gasteiger partial charge in [0.25, 0.3) is 0 Å². The number of aliphatic hydroxyl groups is 1. The number of benzene rings is 4. The summed E-state index contributed by atoms with van der Waals surface area (Å²) in [5, 5.41) is 15.9. The third-order valence-corrected chi connectivity index (χ3v) is 6.05. The molecule has 1 aromatic heterocycles. The molecule has 0 saturated carbocycles. The third kappa shape index (κ3) is 5.65. The lowest BCUT2D eigenvalue weighted by molar-refractivity contribution is 0.106. The monoisotopic (exact) mass is 466 g/mol. The van der Waals surface area contributed by atoms with E-state index in [2.05, 4.69) is 52.8 Å². The van der Waals surface area contributed by atoms with Gasteiger partial charge in [0.1, 0.15) is 30.8 Å². The molecule has 4 aromatic carbocycles. The minimum Gasteiger partial charge on any atom is -0.492 e. The number of hydrogen-bond donors (Lipinski definition) is 3. The molecule has 5 aromatic rings. The van der Waals surface area contributed by atoms with Crippen molar-refractivity contribution in [1.29, 1.82) is 0 Å². The first-order valence-corrected chi connectivity index (χ1v) is 12.0. The van der Waals surface area contributed by atoms with E-state index in [0.29, 0.717) is 19.7 Å². The number of para-hydroxylation sites is 2. The largest absolute Gasteiger partial charge is 0.492 e. The summed E-state index contributed by atoms with van der Waals surface area (Å²) in [5.41, 5.74) is 4.53. The van der Waals surface area contributed by atoms with E-state index < -0.39 is 6.10 Å². The standard InChI is InChI=1S/C30H30N2O3/c33-24(21-35-29-16-8-14-27-30(29)25-12-5-6-13-26(25)32-27)20-31-17-18-34-28-15-7-4-11-23(28)19-22-9-2-1-3-10-22/h1-16,24,31-33H,17-21H2. The van der Waals surface area contributed by atoms with Crippen molar-refractivity contribution in [3.63, 3.8) is 0 Å². The van der Waals surface area contributed by atoms with E-state index >= 15 is 0 Å². The average molecular weight is 467 g/mol. The van der Waals surface area contributed by atoms with Gasteiger partial charge in [-0.05, 0) is 35.4 Å². The van der Waals surface area contributed by atoms with Crippen molar-refractivity contribution in [2.24, 2.45) is 0 Å². The van der Waals surface area contributed by atoms with Gasteiger partial charge in [-0.3, -0.25) is 0 Å². The molecule has 0 amide bonds. The van der Waals surface area contributed by atoms with Crippen LogP contribution in [0.4, 0.5) is 0 Å². The molecule has 0 spiro atoms. The molecule has 1 atom stereocenters. The van der Waals surface area contributed by atoms with E-state index in [9.17, 15) is 5.11 Å². The Labute approximate surface area is 205 Å². The maximum absolute atomic E-state index is 10.4.